The zero-order valence-corrected chi connectivity index (χ0v) is 6.57. The Labute approximate surface area is 61.6 Å². The topological polar surface area (TPSA) is 46.3 Å². The molecule has 56 valence electrons. The lowest BCUT2D eigenvalue weighted by molar-refractivity contribution is -0.130. The molecule has 0 spiro atoms. The van der Waals surface area contributed by atoms with Crippen LogP contribution < -0.4 is 5.84 Å². The summed E-state index contributed by atoms with van der Waals surface area (Å²) >= 11 is 0. The second-order valence-corrected chi connectivity index (χ2v) is 1.75. The van der Waals surface area contributed by atoms with Crippen LogP contribution >= 0.6 is 12.4 Å². The first kappa shape index (κ1) is 11.5. The predicted octanol–water partition coefficient (Wildman–Crippen LogP) is 0.540. The van der Waals surface area contributed by atoms with Crippen LogP contribution in [0.15, 0.2) is 0 Å². The van der Waals surface area contributed by atoms with E-state index >= 15 is 0 Å². The Bertz CT molecular complexity index is 85.0. The summed E-state index contributed by atoms with van der Waals surface area (Å²) in [6.07, 6.45) is 1.41. The van der Waals surface area contributed by atoms with Gasteiger partial charge in [0.15, 0.2) is 0 Å². The minimum absolute atomic E-state index is 0. The molecule has 0 radical (unpaired) electrons. The second kappa shape index (κ2) is 5.85. The number of carbonyl (C=O) groups is 1. The highest BCUT2D eigenvalue weighted by atomic mass is 35.5. The molecular weight excluding hydrogens is 140 g/mol. The van der Waals surface area contributed by atoms with E-state index in [1.54, 1.807) is 7.05 Å². The van der Waals surface area contributed by atoms with Crippen LogP contribution in [-0.2, 0) is 4.79 Å². The number of nitrogens with zero attached hydrogens (tertiary/aromatic N) is 1. The molecule has 0 unspecified atom stereocenters. The van der Waals surface area contributed by atoms with Gasteiger partial charge in [0.25, 0.3) is 0 Å². The maximum absolute atomic E-state index is 10.5. The number of halogens is 1. The Hall–Kier alpha value is -0.280. The summed E-state index contributed by atoms with van der Waals surface area (Å²) in [6.45, 7) is 1.95. The third kappa shape index (κ3) is 5.59. The fourth-order valence-electron chi connectivity index (χ4n) is 0.390. The van der Waals surface area contributed by atoms with E-state index in [2.05, 4.69) is 0 Å². The lowest BCUT2D eigenvalue weighted by Crippen LogP contribution is -2.32. The summed E-state index contributed by atoms with van der Waals surface area (Å²) in [5.41, 5.74) is 0. The van der Waals surface area contributed by atoms with Crippen molar-refractivity contribution in [1.82, 2.24) is 5.01 Å². The van der Waals surface area contributed by atoms with E-state index in [1.807, 2.05) is 6.92 Å². The standard InChI is InChI=1S/C5H12N2O.ClH/c1-3-4-5(8)7(2)6;/h3-4,6H2,1-2H3;1H. The van der Waals surface area contributed by atoms with Gasteiger partial charge in [0.05, 0.1) is 0 Å². The minimum Gasteiger partial charge on any atom is -0.284 e. The first-order valence-electron chi connectivity index (χ1n) is 2.69. The van der Waals surface area contributed by atoms with Gasteiger partial charge in [0.2, 0.25) is 5.91 Å². The van der Waals surface area contributed by atoms with Crippen molar-refractivity contribution in [2.45, 2.75) is 19.8 Å². The molecule has 0 bridgehead atoms. The third-order valence-corrected chi connectivity index (χ3v) is 0.857. The molecule has 0 atom stereocenters. The van der Waals surface area contributed by atoms with E-state index < -0.39 is 0 Å². The number of nitrogens with two attached hydrogens (primary N) is 1. The molecule has 0 fully saturated rings. The van der Waals surface area contributed by atoms with Crippen molar-refractivity contribution < 1.29 is 4.79 Å². The second-order valence-electron chi connectivity index (χ2n) is 1.75. The number of hydrazine groups is 1. The Balaban J connectivity index is 0. The van der Waals surface area contributed by atoms with Gasteiger partial charge in [-0.3, -0.25) is 9.80 Å². The molecule has 1 amide bonds. The van der Waals surface area contributed by atoms with Crippen LogP contribution in [0.2, 0.25) is 0 Å². The summed E-state index contributed by atoms with van der Waals surface area (Å²) in [4.78, 5) is 10.5. The molecule has 4 heteroatoms. The van der Waals surface area contributed by atoms with Crippen molar-refractivity contribution in [2.24, 2.45) is 5.84 Å². The Kier molecular flexibility index (Phi) is 7.48. The molecule has 0 aromatic rings. The summed E-state index contributed by atoms with van der Waals surface area (Å²) in [7, 11) is 1.55. The number of hydrogen-bond acceptors (Lipinski definition) is 2. The van der Waals surface area contributed by atoms with E-state index in [-0.39, 0.29) is 18.3 Å². The van der Waals surface area contributed by atoms with Gasteiger partial charge in [0, 0.05) is 13.5 Å². The Morgan fingerprint density at radius 3 is 2.22 bits per heavy atom. The van der Waals surface area contributed by atoms with Crippen LogP contribution in [0.5, 0.6) is 0 Å². The van der Waals surface area contributed by atoms with Gasteiger partial charge >= 0.3 is 0 Å². The lowest BCUT2D eigenvalue weighted by Gasteiger charge is -2.06. The minimum atomic E-state index is -0.00694. The van der Waals surface area contributed by atoms with Gasteiger partial charge in [-0.25, -0.2) is 5.84 Å². The largest absolute Gasteiger partial charge is 0.284 e. The molecule has 0 aromatic carbocycles. The fraction of sp³-hybridized carbons (Fsp3) is 0.800. The average molecular weight is 153 g/mol. The van der Waals surface area contributed by atoms with Crippen molar-refractivity contribution >= 4 is 18.3 Å². The summed E-state index contributed by atoms with van der Waals surface area (Å²) in [5, 5.41) is 1.11. The highest BCUT2D eigenvalue weighted by Gasteiger charge is 1.99. The Morgan fingerprint density at radius 1 is 1.67 bits per heavy atom. The average Bonchev–Trinajstić information content (AvgIpc) is 1.67. The van der Waals surface area contributed by atoms with Crippen LogP contribution in [0.25, 0.3) is 0 Å². The van der Waals surface area contributed by atoms with Crippen LogP contribution in [0, 0.1) is 0 Å². The smallest absolute Gasteiger partial charge is 0.236 e. The maximum atomic E-state index is 10.5. The molecule has 0 aliphatic rings. The number of amides is 1. The molecule has 9 heavy (non-hydrogen) atoms. The monoisotopic (exact) mass is 152 g/mol. The molecule has 0 heterocycles. The Morgan fingerprint density at radius 2 is 2.11 bits per heavy atom. The van der Waals surface area contributed by atoms with Gasteiger partial charge < -0.3 is 0 Å². The highest BCUT2D eigenvalue weighted by Crippen LogP contribution is 1.87. The first-order valence-corrected chi connectivity index (χ1v) is 2.69. The quantitative estimate of drug-likeness (QED) is 0.357. The number of carbonyl (C=O) groups excluding carboxylic acids is 1. The zero-order valence-electron chi connectivity index (χ0n) is 5.76. The molecule has 3 nitrogen and oxygen atoms in total. The van der Waals surface area contributed by atoms with Gasteiger partial charge in [0.1, 0.15) is 0 Å². The van der Waals surface area contributed by atoms with Gasteiger partial charge in [-0.1, -0.05) is 6.92 Å². The molecule has 0 aliphatic heterocycles. The van der Waals surface area contributed by atoms with Crippen molar-refractivity contribution in [1.29, 1.82) is 0 Å². The van der Waals surface area contributed by atoms with Gasteiger partial charge in [-0.2, -0.15) is 0 Å². The van der Waals surface area contributed by atoms with Crippen LogP contribution in [0.3, 0.4) is 0 Å². The first-order chi connectivity index (χ1) is 3.68. The summed E-state index contributed by atoms with van der Waals surface area (Å²) < 4.78 is 0. The molecule has 2 N–H and O–H groups in total. The van der Waals surface area contributed by atoms with Crippen LogP contribution in [0.1, 0.15) is 19.8 Å². The van der Waals surface area contributed by atoms with E-state index in [0.29, 0.717) is 6.42 Å². The molecular formula is C5H13ClN2O. The van der Waals surface area contributed by atoms with Crippen molar-refractivity contribution in [2.75, 3.05) is 7.05 Å². The highest BCUT2D eigenvalue weighted by molar-refractivity contribution is 5.85. The third-order valence-electron chi connectivity index (χ3n) is 0.857. The normalized spacial score (nSPS) is 7.89. The van der Waals surface area contributed by atoms with E-state index in [4.69, 9.17) is 5.84 Å². The molecule has 0 rings (SSSR count). The summed E-state index contributed by atoms with van der Waals surface area (Å²) in [5.74, 6) is 5.10. The van der Waals surface area contributed by atoms with E-state index in [9.17, 15) is 4.79 Å². The number of hydrogen-bond donors (Lipinski definition) is 1. The summed E-state index contributed by atoms with van der Waals surface area (Å²) in [6, 6.07) is 0. The molecule has 0 aromatic heterocycles. The molecule has 0 saturated carbocycles. The maximum Gasteiger partial charge on any atom is 0.236 e. The fourth-order valence-corrected chi connectivity index (χ4v) is 0.390. The van der Waals surface area contributed by atoms with Crippen molar-refractivity contribution in [3.05, 3.63) is 0 Å². The van der Waals surface area contributed by atoms with Crippen molar-refractivity contribution in [3.63, 3.8) is 0 Å². The number of rotatable bonds is 2. The van der Waals surface area contributed by atoms with E-state index in [0.717, 1.165) is 11.4 Å². The van der Waals surface area contributed by atoms with E-state index in [1.165, 1.54) is 0 Å². The van der Waals surface area contributed by atoms with Crippen molar-refractivity contribution in [3.8, 4) is 0 Å². The lowest BCUT2D eigenvalue weighted by atomic mass is 10.3. The molecule has 0 saturated heterocycles. The zero-order chi connectivity index (χ0) is 6.57. The molecule has 0 aliphatic carbocycles. The van der Waals surface area contributed by atoms with Gasteiger partial charge in [-0.05, 0) is 6.42 Å². The van der Waals surface area contributed by atoms with Crippen LogP contribution in [0.4, 0.5) is 0 Å². The van der Waals surface area contributed by atoms with Crippen LogP contribution in [-0.4, -0.2) is 18.0 Å². The van der Waals surface area contributed by atoms with Gasteiger partial charge in [-0.15, -0.1) is 12.4 Å². The SMILES string of the molecule is CCCC(=O)N(C)N.Cl. The predicted molar refractivity (Wildman–Crippen MR) is 39.1 cm³/mol.